The van der Waals surface area contributed by atoms with E-state index in [0.717, 1.165) is 24.8 Å². The summed E-state index contributed by atoms with van der Waals surface area (Å²) >= 11 is 6.07. The molecule has 0 bridgehead atoms. The third-order valence-corrected chi connectivity index (χ3v) is 4.63. The molecule has 1 saturated carbocycles. The lowest BCUT2D eigenvalue weighted by atomic mass is 9.79. The fraction of sp³-hybridized carbons (Fsp3) is 0.588. The molecule has 0 saturated heterocycles. The summed E-state index contributed by atoms with van der Waals surface area (Å²) in [5.41, 5.74) is 0.261. The number of aliphatic hydroxyl groups is 1. The van der Waals surface area contributed by atoms with Crippen molar-refractivity contribution < 1.29 is 9.90 Å². The molecule has 3 nitrogen and oxygen atoms in total. The maximum absolute atomic E-state index is 11.9. The van der Waals surface area contributed by atoms with Crippen molar-refractivity contribution in [3.05, 3.63) is 34.9 Å². The first-order chi connectivity index (χ1) is 9.98. The standard InChI is InChI=1S/C17H24ClNO2/c1-13-5-4-10-17(21,11-13)12-19-16(20)9-8-14-6-2-3-7-15(14)18/h2-3,6-7,13,21H,4-5,8-12H2,1H3,(H,19,20). The summed E-state index contributed by atoms with van der Waals surface area (Å²) in [6.07, 6.45) is 4.78. The Morgan fingerprint density at radius 3 is 2.95 bits per heavy atom. The first kappa shape index (κ1) is 16.3. The topological polar surface area (TPSA) is 49.3 Å². The van der Waals surface area contributed by atoms with E-state index in [1.165, 1.54) is 6.42 Å². The average Bonchev–Trinajstić information content (AvgIpc) is 2.44. The quantitative estimate of drug-likeness (QED) is 0.876. The van der Waals surface area contributed by atoms with Gasteiger partial charge in [-0.05, 0) is 36.8 Å². The molecule has 2 unspecified atom stereocenters. The van der Waals surface area contributed by atoms with Crippen molar-refractivity contribution in [3.63, 3.8) is 0 Å². The molecule has 0 radical (unpaired) electrons. The second-order valence-corrected chi connectivity index (χ2v) is 6.70. The third-order valence-electron chi connectivity index (χ3n) is 4.26. The van der Waals surface area contributed by atoms with Crippen LogP contribution in [0, 0.1) is 5.92 Å². The summed E-state index contributed by atoms with van der Waals surface area (Å²) in [5.74, 6) is 0.505. The molecule has 1 aromatic rings. The van der Waals surface area contributed by atoms with Crippen LogP contribution in [0.2, 0.25) is 5.02 Å². The lowest BCUT2D eigenvalue weighted by Crippen LogP contribution is -2.45. The number of halogens is 1. The molecule has 1 fully saturated rings. The minimum atomic E-state index is -0.724. The fourth-order valence-electron chi connectivity index (χ4n) is 3.09. The zero-order chi connectivity index (χ0) is 15.3. The van der Waals surface area contributed by atoms with E-state index >= 15 is 0 Å². The van der Waals surface area contributed by atoms with Crippen LogP contribution in [-0.2, 0) is 11.2 Å². The highest BCUT2D eigenvalue weighted by molar-refractivity contribution is 6.31. The van der Waals surface area contributed by atoms with Gasteiger partial charge in [-0.3, -0.25) is 4.79 Å². The minimum Gasteiger partial charge on any atom is -0.388 e. The van der Waals surface area contributed by atoms with E-state index < -0.39 is 5.60 Å². The smallest absolute Gasteiger partial charge is 0.220 e. The van der Waals surface area contributed by atoms with Crippen molar-refractivity contribution in [2.75, 3.05) is 6.54 Å². The van der Waals surface area contributed by atoms with Crippen LogP contribution >= 0.6 is 11.6 Å². The largest absolute Gasteiger partial charge is 0.388 e. The highest BCUT2D eigenvalue weighted by atomic mass is 35.5. The van der Waals surface area contributed by atoms with Gasteiger partial charge < -0.3 is 10.4 Å². The molecule has 1 aliphatic rings. The molecular weight excluding hydrogens is 286 g/mol. The molecule has 0 aromatic heterocycles. The van der Waals surface area contributed by atoms with Crippen molar-refractivity contribution >= 4 is 17.5 Å². The highest BCUT2D eigenvalue weighted by Gasteiger charge is 2.32. The van der Waals surface area contributed by atoms with Gasteiger partial charge in [0.05, 0.1) is 5.60 Å². The normalized spacial score (nSPS) is 25.6. The number of amides is 1. The molecule has 4 heteroatoms. The summed E-state index contributed by atoms with van der Waals surface area (Å²) < 4.78 is 0. The van der Waals surface area contributed by atoms with E-state index in [4.69, 9.17) is 11.6 Å². The van der Waals surface area contributed by atoms with E-state index in [1.54, 1.807) is 0 Å². The molecule has 21 heavy (non-hydrogen) atoms. The van der Waals surface area contributed by atoms with Gasteiger partial charge in [0.15, 0.2) is 0 Å². The van der Waals surface area contributed by atoms with E-state index in [0.29, 0.717) is 30.3 Å². The summed E-state index contributed by atoms with van der Waals surface area (Å²) in [5, 5.41) is 14.1. The Bertz CT molecular complexity index is 491. The summed E-state index contributed by atoms with van der Waals surface area (Å²) in [6, 6.07) is 7.57. The lowest BCUT2D eigenvalue weighted by molar-refractivity contribution is -0.122. The predicted molar refractivity (Wildman–Crippen MR) is 85.4 cm³/mol. The van der Waals surface area contributed by atoms with Crippen LogP contribution in [0.4, 0.5) is 0 Å². The fourth-order valence-corrected chi connectivity index (χ4v) is 3.32. The zero-order valence-electron chi connectivity index (χ0n) is 12.6. The predicted octanol–water partition coefficient (Wildman–Crippen LogP) is 3.33. The second-order valence-electron chi connectivity index (χ2n) is 6.29. The van der Waals surface area contributed by atoms with Crippen LogP contribution in [0.25, 0.3) is 0 Å². The SMILES string of the molecule is CC1CCCC(O)(CNC(=O)CCc2ccccc2Cl)C1. The van der Waals surface area contributed by atoms with Crippen molar-refractivity contribution in [2.24, 2.45) is 5.92 Å². The Morgan fingerprint density at radius 1 is 1.48 bits per heavy atom. The van der Waals surface area contributed by atoms with Gasteiger partial charge >= 0.3 is 0 Å². The Kier molecular flexibility index (Phi) is 5.65. The van der Waals surface area contributed by atoms with Gasteiger partial charge in [-0.25, -0.2) is 0 Å². The van der Waals surface area contributed by atoms with E-state index in [2.05, 4.69) is 12.2 Å². The second kappa shape index (κ2) is 7.28. The Balaban J connectivity index is 1.76. The molecule has 0 heterocycles. The van der Waals surface area contributed by atoms with Crippen LogP contribution in [0.15, 0.2) is 24.3 Å². The number of rotatable bonds is 5. The molecule has 0 aliphatic heterocycles. The van der Waals surface area contributed by atoms with Crippen LogP contribution in [0.3, 0.4) is 0 Å². The molecule has 0 spiro atoms. The first-order valence-electron chi connectivity index (χ1n) is 7.71. The highest BCUT2D eigenvalue weighted by Crippen LogP contribution is 2.31. The van der Waals surface area contributed by atoms with Crippen molar-refractivity contribution in [1.29, 1.82) is 0 Å². The molecule has 116 valence electrons. The van der Waals surface area contributed by atoms with Gasteiger partial charge in [-0.1, -0.05) is 49.6 Å². The Morgan fingerprint density at radius 2 is 2.24 bits per heavy atom. The Hall–Kier alpha value is -1.06. The van der Waals surface area contributed by atoms with Crippen LogP contribution < -0.4 is 5.32 Å². The number of hydrogen-bond acceptors (Lipinski definition) is 2. The zero-order valence-corrected chi connectivity index (χ0v) is 13.3. The van der Waals surface area contributed by atoms with Gasteiger partial charge in [-0.15, -0.1) is 0 Å². The summed E-state index contributed by atoms with van der Waals surface area (Å²) in [6.45, 7) is 2.52. The maximum atomic E-state index is 11.9. The Labute approximate surface area is 131 Å². The van der Waals surface area contributed by atoms with Crippen LogP contribution in [0.5, 0.6) is 0 Å². The lowest BCUT2D eigenvalue weighted by Gasteiger charge is -2.35. The number of benzene rings is 1. The monoisotopic (exact) mass is 309 g/mol. The van der Waals surface area contributed by atoms with E-state index in [-0.39, 0.29) is 5.91 Å². The summed E-state index contributed by atoms with van der Waals surface area (Å²) in [7, 11) is 0. The van der Waals surface area contributed by atoms with Crippen LogP contribution in [-0.4, -0.2) is 23.2 Å². The van der Waals surface area contributed by atoms with Gasteiger partial charge in [0.25, 0.3) is 0 Å². The van der Waals surface area contributed by atoms with Gasteiger partial charge in [0.1, 0.15) is 0 Å². The number of hydrogen-bond donors (Lipinski definition) is 2. The van der Waals surface area contributed by atoms with Crippen LogP contribution in [0.1, 0.15) is 44.6 Å². The minimum absolute atomic E-state index is 0.0263. The van der Waals surface area contributed by atoms with Gasteiger partial charge in [0, 0.05) is 18.0 Å². The molecule has 1 aliphatic carbocycles. The number of carbonyl (C=O) groups excluding carboxylic acids is 1. The molecule has 1 amide bonds. The van der Waals surface area contributed by atoms with Gasteiger partial charge in [-0.2, -0.15) is 0 Å². The van der Waals surface area contributed by atoms with E-state index in [1.807, 2.05) is 24.3 Å². The third kappa shape index (κ3) is 5.01. The summed E-state index contributed by atoms with van der Waals surface area (Å²) in [4.78, 5) is 11.9. The molecule has 2 rings (SSSR count). The molecule has 2 N–H and O–H groups in total. The van der Waals surface area contributed by atoms with Gasteiger partial charge in [0.2, 0.25) is 5.91 Å². The first-order valence-corrected chi connectivity index (χ1v) is 8.09. The average molecular weight is 310 g/mol. The van der Waals surface area contributed by atoms with Crippen molar-refractivity contribution in [2.45, 2.75) is 51.0 Å². The number of carbonyl (C=O) groups is 1. The number of nitrogens with one attached hydrogen (secondary N) is 1. The molecule has 2 atom stereocenters. The van der Waals surface area contributed by atoms with E-state index in [9.17, 15) is 9.90 Å². The van der Waals surface area contributed by atoms with Crippen molar-refractivity contribution in [1.82, 2.24) is 5.32 Å². The van der Waals surface area contributed by atoms with Crippen molar-refractivity contribution in [3.8, 4) is 0 Å². The molecule has 1 aromatic carbocycles. The maximum Gasteiger partial charge on any atom is 0.220 e. The number of aryl methyl sites for hydroxylation is 1. The molecular formula is C17H24ClNO2.